The average Bonchev–Trinajstić information content (AvgIpc) is 3.06. The molecule has 0 aliphatic carbocycles. The molecule has 0 saturated heterocycles. The van der Waals surface area contributed by atoms with Crippen LogP contribution in [0.2, 0.25) is 0 Å². The van der Waals surface area contributed by atoms with E-state index in [2.05, 4.69) is 55.6 Å². The lowest BCUT2D eigenvalue weighted by atomic mass is 10.0. The largest absolute Gasteiger partial charge is 0.756 e. The Morgan fingerprint density at radius 1 is 0.700 bits per heavy atom. The lowest BCUT2D eigenvalue weighted by Gasteiger charge is -2.30. The Kier molecular flexibility index (Phi) is 32.7. The lowest BCUT2D eigenvalue weighted by Crippen LogP contribution is -2.46. The van der Waals surface area contributed by atoms with Crippen LogP contribution in [-0.2, 0) is 18.4 Å². The Labute approximate surface area is 308 Å². The van der Waals surface area contributed by atoms with E-state index >= 15 is 0 Å². The second-order valence-electron chi connectivity index (χ2n) is 15.0. The Morgan fingerprint density at radius 2 is 1.16 bits per heavy atom. The highest BCUT2D eigenvalue weighted by Gasteiger charge is 2.24. The van der Waals surface area contributed by atoms with Crippen LogP contribution >= 0.6 is 7.82 Å². The van der Waals surface area contributed by atoms with Crippen molar-refractivity contribution in [3.63, 3.8) is 0 Å². The summed E-state index contributed by atoms with van der Waals surface area (Å²) in [6.45, 7) is 4.63. The molecule has 0 aliphatic heterocycles. The van der Waals surface area contributed by atoms with Crippen molar-refractivity contribution in [2.45, 2.75) is 180 Å². The van der Waals surface area contributed by atoms with Crippen molar-refractivity contribution in [1.29, 1.82) is 0 Å². The summed E-state index contributed by atoms with van der Waals surface area (Å²) in [6.07, 6.45) is 38.8. The predicted molar refractivity (Wildman–Crippen MR) is 210 cm³/mol. The number of hydrogen-bond donors (Lipinski definition) is 2. The third-order valence-electron chi connectivity index (χ3n) is 8.88. The summed E-state index contributed by atoms with van der Waals surface area (Å²) in [5, 5.41) is 13.7. The van der Waals surface area contributed by atoms with E-state index in [1.165, 1.54) is 77.0 Å². The van der Waals surface area contributed by atoms with Crippen molar-refractivity contribution in [2.24, 2.45) is 0 Å². The van der Waals surface area contributed by atoms with E-state index < -0.39 is 20.0 Å². The van der Waals surface area contributed by atoms with Gasteiger partial charge in [0, 0.05) is 6.42 Å². The number of amides is 1. The summed E-state index contributed by atoms with van der Waals surface area (Å²) < 4.78 is 23.1. The highest BCUT2D eigenvalue weighted by atomic mass is 31.2. The zero-order chi connectivity index (χ0) is 37.2. The number of unbranched alkanes of at least 4 members (excludes halogenated alkanes) is 17. The molecule has 0 aromatic carbocycles. The molecule has 0 bridgehead atoms. The fourth-order valence-corrected chi connectivity index (χ4v) is 6.30. The van der Waals surface area contributed by atoms with Crippen LogP contribution < -0.4 is 10.2 Å². The van der Waals surface area contributed by atoms with Crippen LogP contribution in [0.1, 0.15) is 168 Å². The van der Waals surface area contributed by atoms with E-state index in [-0.39, 0.29) is 19.1 Å². The second-order valence-corrected chi connectivity index (χ2v) is 16.4. The predicted octanol–water partition coefficient (Wildman–Crippen LogP) is 10.1. The molecule has 0 aromatic rings. The molecule has 1 amide bonds. The molecule has 2 N–H and O–H groups in total. The van der Waals surface area contributed by atoms with E-state index in [1.54, 1.807) is 0 Å². The summed E-state index contributed by atoms with van der Waals surface area (Å²) in [6, 6.07) is -0.804. The maximum atomic E-state index is 12.8. The van der Waals surface area contributed by atoms with Gasteiger partial charge in [-0.05, 0) is 51.4 Å². The Hall–Kier alpha value is -1.28. The summed E-state index contributed by atoms with van der Waals surface area (Å²) >= 11 is 0. The average molecular weight is 727 g/mol. The van der Waals surface area contributed by atoms with Gasteiger partial charge in [-0.2, -0.15) is 0 Å². The molecule has 0 heterocycles. The fourth-order valence-electron chi connectivity index (χ4n) is 5.57. The normalized spacial score (nSPS) is 14.9. The molecule has 0 radical (unpaired) electrons. The number of phosphoric ester groups is 1. The molecule has 8 nitrogen and oxygen atoms in total. The number of carbonyl (C=O) groups excluding carboxylic acids is 1. The third-order valence-corrected chi connectivity index (χ3v) is 9.85. The quantitative estimate of drug-likeness (QED) is 0.0288. The van der Waals surface area contributed by atoms with Gasteiger partial charge in [0.25, 0.3) is 7.82 Å². The fraction of sp³-hybridized carbons (Fsp3) is 0.829. The standard InChI is InChI=1S/C41H79N2O6P/c1-6-8-10-12-14-15-16-17-18-19-20-21-22-23-24-25-26-27-29-31-33-35-41(45)42-39(40(44)34-32-30-28-13-11-9-7-2)38-49-50(46,47)48-37-36-43(3,4)5/h16-17,19-20,22-23,39-40,44H,6-15,18,21,24-38H2,1-5H3,(H-,42,45,46,47)/b17-16-,20-19-,23-22-. The minimum absolute atomic E-state index is 0.00777. The lowest BCUT2D eigenvalue weighted by molar-refractivity contribution is -0.870. The zero-order valence-electron chi connectivity index (χ0n) is 33.1. The topological polar surface area (TPSA) is 108 Å². The van der Waals surface area contributed by atoms with Gasteiger partial charge in [-0.1, -0.05) is 147 Å². The third kappa shape index (κ3) is 35.1. The first kappa shape index (κ1) is 48.7. The van der Waals surface area contributed by atoms with Gasteiger partial charge < -0.3 is 28.8 Å². The summed E-state index contributed by atoms with van der Waals surface area (Å²) in [5.41, 5.74) is 0. The Morgan fingerprint density at radius 3 is 1.68 bits per heavy atom. The number of nitrogens with zero attached hydrogens (tertiary/aromatic N) is 1. The molecule has 0 aromatic heterocycles. The molecule has 3 unspecified atom stereocenters. The highest BCUT2D eigenvalue weighted by Crippen LogP contribution is 2.38. The first-order chi connectivity index (χ1) is 24.0. The number of hydrogen-bond acceptors (Lipinski definition) is 6. The van der Waals surface area contributed by atoms with Crippen molar-refractivity contribution >= 4 is 13.7 Å². The van der Waals surface area contributed by atoms with Gasteiger partial charge >= 0.3 is 0 Å². The van der Waals surface area contributed by atoms with E-state index in [4.69, 9.17) is 9.05 Å². The van der Waals surface area contributed by atoms with Gasteiger partial charge in [0.05, 0.1) is 39.9 Å². The number of likely N-dealkylation sites (N-methyl/N-ethyl adjacent to an activating group) is 1. The summed E-state index contributed by atoms with van der Waals surface area (Å²) in [5.74, 6) is -0.183. The van der Waals surface area contributed by atoms with E-state index in [0.29, 0.717) is 23.9 Å². The molecular formula is C41H79N2O6P. The molecule has 0 fully saturated rings. The van der Waals surface area contributed by atoms with Crippen LogP contribution in [-0.4, -0.2) is 68.5 Å². The number of nitrogens with one attached hydrogen (secondary N) is 1. The first-order valence-electron chi connectivity index (χ1n) is 20.3. The maximum Gasteiger partial charge on any atom is 0.268 e. The number of rotatable bonds is 36. The van der Waals surface area contributed by atoms with Crippen LogP contribution in [0.15, 0.2) is 36.5 Å². The second kappa shape index (κ2) is 33.5. The molecule has 0 saturated carbocycles. The first-order valence-corrected chi connectivity index (χ1v) is 21.8. The molecule has 0 spiro atoms. The number of carbonyl (C=O) groups is 1. The van der Waals surface area contributed by atoms with Crippen molar-refractivity contribution in [3.8, 4) is 0 Å². The summed E-state index contributed by atoms with van der Waals surface area (Å²) in [4.78, 5) is 25.1. The number of aliphatic hydroxyl groups excluding tert-OH is 1. The van der Waals surface area contributed by atoms with Gasteiger partial charge in [0.2, 0.25) is 5.91 Å². The van der Waals surface area contributed by atoms with Crippen molar-refractivity contribution in [3.05, 3.63) is 36.5 Å². The molecule has 0 aliphatic rings. The van der Waals surface area contributed by atoms with Gasteiger partial charge in [-0.3, -0.25) is 9.36 Å². The molecule has 0 rings (SSSR count). The zero-order valence-corrected chi connectivity index (χ0v) is 34.0. The Bertz CT molecular complexity index is 917. The van der Waals surface area contributed by atoms with Gasteiger partial charge in [0.1, 0.15) is 13.2 Å². The molecule has 294 valence electrons. The molecule has 3 atom stereocenters. The van der Waals surface area contributed by atoms with E-state index in [1.807, 2.05) is 21.1 Å². The monoisotopic (exact) mass is 727 g/mol. The van der Waals surface area contributed by atoms with E-state index in [9.17, 15) is 19.4 Å². The van der Waals surface area contributed by atoms with Crippen molar-refractivity contribution < 1.29 is 32.9 Å². The number of allylic oxidation sites excluding steroid dienone is 6. The smallest absolute Gasteiger partial charge is 0.268 e. The van der Waals surface area contributed by atoms with Crippen LogP contribution in [0.3, 0.4) is 0 Å². The van der Waals surface area contributed by atoms with Crippen molar-refractivity contribution in [1.82, 2.24) is 5.32 Å². The van der Waals surface area contributed by atoms with Gasteiger partial charge in [-0.25, -0.2) is 0 Å². The van der Waals surface area contributed by atoms with Crippen LogP contribution in [0.25, 0.3) is 0 Å². The minimum Gasteiger partial charge on any atom is -0.756 e. The number of quaternary nitrogens is 1. The van der Waals surface area contributed by atoms with Gasteiger partial charge in [-0.15, -0.1) is 0 Å². The van der Waals surface area contributed by atoms with E-state index in [0.717, 1.165) is 64.2 Å². The molecule has 9 heteroatoms. The Balaban J connectivity index is 4.27. The summed E-state index contributed by atoms with van der Waals surface area (Å²) in [7, 11) is 1.29. The number of phosphoric acid groups is 1. The van der Waals surface area contributed by atoms with Crippen molar-refractivity contribution in [2.75, 3.05) is 40.9 Å². The van der Waals surface area contributed by atoms with Gasteiger partial charge in [0.15, 0.2) is 0 Å². The van der Waals surface area contributed by atoms with Crippen LogP contribution in [0.4, 0.5) is 0 Å². The molecule has 50 heavy (non-hydrogen) atoms. The highest BCUT2D eigenvalue weighted by molar-refractivity contribution is 7.45. The maximum absolute atomic E-state index is 12.8. The SMILES string of the molecule is CCCCCCC/C=C\C/C=C\C/C=C\CCCCCCCCC(=O)NC(COP(=O)([O-])OCC[N+](C)(C)C)C(O)CCCCCCCCC. The molecular weight excluding hydrogens is 647 g/mol. The number of aliphatic hydroxyl groups is 1. The van der Waals surface area contributed by atoms with Crippen LogP contribution in [0, 0.1) is 0 Å². The minimum atomic E-state index is -4.55. The van der Waals surface area contributed by atoms with Crippen LogP contribution in [0.5, 0.6) is 0 Å².